The van der Waals surface area contributed by atoms with Crippen molar-refractivity contribution in [2.45, 2.75) is 491 Å². The third-order valence-electron chi connectivity index (χ3n) is 21.2. The van der Waals surface area contributed by atoms with Crippen molar-refractivity contribution in [3.05, 3.63) is 0 Å². The number of aliphatic hydroxyl groups excluding tert-OH is 1. The van der Waals surface area contributed by atoms with Crippen molar-refractivity contribution in [1.29, 1.82) is 0 Å². The lowest BCUT2D eigenvalue weighted by Gasteiger charge is -2.21. The van der Waals surface area contributed by atoms with E-state index in [0.717, 1.165) is 108 Å². The van der Waals surface area contributed by atoms with Gasteiger partial charge < -0.3 is 33.8 Å². The average Bonchev–Trinajstić information content (AvgIpc) is 0.900. The minimum absolute atomic E-state index is 0.108. The van der Waals surface area contributed by atoms with Crippen LogP contribution in [0.5, 0.6) is 0 Å². The van der Waals surface area contributed by atoms with E-state index < -0.39 is 97.5 Å². The summed E-state index contributed by atoms with van der Waals surface area (Å²) in [6.45, 7) is 12.1. The summed E-state index contributed by atoms with van der Waals surface area (Å²) in [5, 5.41) is 10.7. The molecular formula is C89H174O17P2. The standard InChI is InChI=1S/C89H174O17P2/c1-8-10-11-12-13-14-15-25-35-42-49-56-63-70-86(91)99-76-84(106-89(94)73-66-59-52-45-38-31-24-27-33-40-47-54-61-68-81(5)6)78-103-107(95,96)101-74-83(90)75-102-108(97,98)104-79-85(77-100-87(92)71-64-57-50-43-36-29-23-22-26-32-39-46-53-60-67-80(3)4)105-88(93)72-65-58-51-44-37-30-21-19-17-16-18-20-28-34-41-48-55-62-69-82(7)9-2/h80-85,90H,8-79H2,1-7H3,(H,95,96)(H,97,98)/t82?,83-,84+,85+/m0/s1. The summed E-state index contributed by atoms with van der Waals surface area (Å²) in [6, 6.07) is 0. The number of ether oxygens (including phenoxy) is 4. The van der Waals surface area contributed by atoms with Gasteiger partial charge in [-0.25, -0.2) is 9.13 Å². The van der Waals surface area contributed by atoms with Crippen LogP contribution >= 0.6 is 15.6 Å². The van der Waals surface area contributed by atoms with Crippen LogP contribution in [-0.2, 0) is 65.4 Å². The Labute approximate surface area is 664 Å². The lowest BCUT2D eigenvalue weighted by atomic mass is 9.99. The molecule has 108 heavy (non-hydrogen) atoms. The van der Waals surface area contributed by atoms with Crippen LogP contribution in [0.2, 0.25) is 0 Å². The van der Waals surface area contributed by atoms with Crippen LogP contribution in [0, 0.1) is 17.8 Å². The first kappa shape index (κ1) is 106. The lowest BCUT2D eigenvalue weighted by Crippen LogP contribution is -2.30. The Hall–Kier alpha value is -1.94. The maximum Gasteiger partial charge on any atom is 0.472 e. The van der Waals surface area contributed by atoms with Gasteiger partial charge in [0, 0.05) is 25.7 Å². The minimum atomic E-state index is -4.97. The van der Waals surface area contributed by atoms with Gasteiger partial charge in [-0.2, -0.15) is 0 Å². The van der Waals surface area contributed by atoms with E-state index in [0.29, 0.717) is 25.7 Å². The molecule has 0 fully saturated rings. The molecule has 0 radical (unpaired) electrons. The molecule has 6 atom stereocenters. The fraction of sp³-hybridized carbons (Fsp3) is 0.955. The molecule has 0 rings (SSSR count). The molecule has 0 aromatic carbocycles. The van der Waals surface area contributed by atoms with Crippen LogP contribution in [0.4, 0.5) is 0 Å². The van der Waals surface area contributed by atoms with Crippen LogP contribution in [0.3, 0.4) is 0 Å². The van der Waals surface area contributed by atoms with Crippen molar-refractivity contribution in [1.82, 2.24) is 0 Å². The summed E-state index contributed by atoms with van der Waals surface area (Å²) in [5.41, 5.74) is 0. The lowest BCUT2D eigenvalue weighted by molar-refractivity contribution is -0.161. The maximum atomic E-state index is 13.2. The molecule has 17 nitrogen and oxygen atoms in total. The number of carbonyl (C=O) groups excluding carboxylic acids is 4. The van der Waals surface area contributed by atoms with E-state index in [2.05, 4.69) is 48.5 Å². The highest BCUT2D eigenvalue weighted by Gasteiger charge is 2.31. The Morgan fingerprint density at radius 1 is 0.269 bits per heavy atom. The maximum absolute atomic E-state index is 13.2. The zero-order chi connectivity index (χ0) is 79.3. The Morgan fingerprint density at radius 3 is 0.704 bits per heavy atom. The number of unbranched alkanes of at least 4 members (excludes halogenated alkanes) is 54. The smallest absolute Gasteiger partial charge is 0.462 e. The molecule has 0 aliphatic rings. The van der Waals surface area contributed by atoms with Gasteiger partial charge in [-0.3, -0.25) is 37.3 Å². The Bertz CT molecular complexity index is 2080. The van der Waals surface area contributed by atoms with E-state index in [1.54, 1.807) is 0 Å². The van der Waals surface area contributed by atoms with Crippen LogP contribution in [0.15, 0.2) is 0 Å². The van der Waals surface area contributed by atoms with E-state index in [9.17, 15) is 43.2 Å². The first-order chi connectivity index (χ1) is 52.3. The van der Waals surface area contributed by atoms with E-state index in [1.807, 2.05) is 0 Å². The van der Waals surface area contributed by atoms with Gasteiger partial charge in [0.15, 0.2) is 12.2 Å². The first-order valence-electron chi connectivity index (χ1n) is 45.9. The summed E-state index contributed by atoms with van der Waals surface area (Å²) < 4.78 is 69.0. The number of phosphoric acid groups is 2. The number of hydrogen-bond acceptors (Lipinski definition) is 15. The minimum Gasteiger partial charge on any atom is -0.462 e. The molecule has 0 aromatic heterocycles. The largest absolute Gasteiger partial charge is 0.472 e. The van der Waals surface area contributed by atoms with E-state index in [4.69, 9.17) is 37.0 Å². The zero-order valence-corrected chi connectivity index (χ0v) is 73.1. The average molecular weight is 1580 g/mol. The molecule has 0 saturated heterocycles. The number of rotatable bonds is 87. The van der Waals surface area contributed by atoms with Crippen molar-refractivity contribution < 1.29 is 80.2 Å². The predicted octanol–water partition coefficient (Wildman–Crippen LogP) is 27.3. The number of esters is 4. The van der Waals surface area contributed by atoms with E-state index in [1.165, 1.54) is 283 Å². The van der Waals surface area contributed by atoms with Gasteiger partial charge in [-0.15, -0.1) is 0 Å². The van der Waals surface area contributed by atoms with Gasteiger partial charge in [-0.05, 0) is 43.4 Å². The topological polar surface area (TPSA) is 237 Å². The van der Waals surface area contributed by atoms with Crippen molar-refractivity contribution in [3.63, 3.8) is 0 Å². The SMILES string of the molecule is CCCCCCCCCCCCCCCC(=O)OC[C@H](COP(=O)(O)OC[C@H](O)COP(=O)(O)OC[C@@H](COC(=O)CCCCCCCCCCCCCCCCC(C)C)OC(=O)CCCCCCCCCCCCCCCCCCCCC(C)CC)OC(=O)CCCCCCCCCCCCCCCC(C)C. The third-order valence-corrected chi connectivity index (χ3v) is 23.1. The number of aliphatic hydroxyl groups is 1. The molecule has 0 heterocycles. The van der Waals surface area contributed by atoms with Gasteiger partial charge in [0.25, 0.3) is 0 Å². The normalized spacial score (nSPS) is 14.1. The van der Waals surface area contributed by atoms with Gasteiger partial charge in [0.05, 0.1) is 26.4 Å². The van der Waals surface area contributed by atoms with Gasteiger partial charge in [0.2, 0.25) is 0 Å². The quantitative estimate of drug-likeness (QED) is 0.0222. The molecule has 3 N–H and O–H groups in total. The molecule has 0 amide bonds. The molecule has 0 aliphatic carbocycles. The molecule has 0 spiro atoms. The Kier molecular flexibility index (Phi) is 77.5. The third kappa shape index (κ3) is 80.7. The zero-order valence-electron chi connectivity index (χ0n) is 71.3. The molecule has 3 unspecified atom stereocenters. The summed E-state index contributed by atoms with van der Waals surface area (Å²) in [5.74, 6) is 0.358. The molecule has 0 bridgehead atoms. The van der Waals surface area contributed by atoms with E-state index >= 15 is 0 Å². The summed E-state index contributed by atoms with van der Waals surface area (Å²) in [4.78, 5) is 73.4. The monoisotopic (exact) mass is 1580 g/mol. The molecule has 0 aliphatic heterocycles. The van der Waals surface area contributed by atoms with Crippen LogP contribution in [-0.4, -0.2) is 96.7 Å². The highest BCUT2D eigenvalue weighted by atomic mass is 31.2. The van der Waals surface area contributed by atoms with Gasteiger partial charge >= 0.3 is 39.5 Å². The van der Waals surface area contributed by atoms with Crippen LogP contribution < -0.4 is 0 Å². The fourth-order valence-corrected chi connectivity index (χ4v) is 15.4. The number of hydrogen-bond donors (Lipinski definition) is 3. The van der Waals surface area contributed by atoms with Crippen LogP contribution in [0.25, 0.3) is 0 Å². The molecule has 642 valence electrons. The van der Waals surface area contributed by atoms with Gasteiger partial charge in [0.1, 0.15) is 19.3 Å². The summed E-state index contributed by atoms with van der Waals surface area (Å²) in [6.07, 6.45) is 70.7. The fourth-order valence-electron chi connectivity index (χ4n) is 13.9. The molecular weight excluding hydrogens is 1400 g/mol. The Morgan fingerprint density at radius 2 is 0.472 bits per heavy atom. The first-order valence-corrected chi connectivity index (χ1v) is 48.9. The van der Waals surface area contributed by atoms with Crippen molar-refractivity contribution in [2.24, 2.45) is 17.8 Å². The van der Waals surface area contributed by atoms with Crippen LogP contribution in [0.1, 0.15) is 472 Å². The second-order valence-corrected chi connectivity index (χ2v) is 36.1. The predicted molar refractivity (Wildman–Crippen MR) is 446 cm³/mol. The second-order valence-electron chi connectivity index (χ2n) is 33.2. The van der Waals surface area contributed by atoms with Crippen molar-refractivity contribution in [3.8, 4) is 0 Å². The molecule has 19 heteroatoms. The molecule has 0 aromatic rings. The number of carbonyl (C=O) groups is 4. The highest BCUT2D eigenvalue weighted by molar-refractivity contribution is 7.47. The second kappa shape index (κ2) is 78.9. The summed E-state index contributed by atoms with van der Waals surface area (Å²) >= 11 is 0. The summed E-state index contributed by atoms with van der Waals surface area (Å²) in [7, 11) is -9.93. The van der Waals surface area contributed by atoms with Crippen molar-refractivity contribution in [2.75, 3.05) is 39.6 Å². The highest BCUT2D eigenvalue weighted by Crippen LogP contribution is 2.45. The van der Waals surface area contributed by atoms with Crippen molar-refractivity contribution >= 4 is 39.5 Å². The number of phosphoric ester groups is 2. The molecule has 0 saturated carbocycles. The van der Waals surface area contributed by atoms with E-state index in [-0.39, 0.29) is 25.7 Å². The van der Waals surface area contributed by atoms with Gasteiger partial charge in [-0.1, -0.05) is 421 Å². The Balaban J connectivity index is 5.26.